The van der Waals surface area contributed by atoms with Gasteiger partial charge in [0.25, 0.3) is 10.0 Å². The zero-order chi connectivity index (χ0) is 29.1. The first-order valence-corrected chi connectivity index (χ1v) is 14.5. The van der Waals surface area contributed by atoms with E-state index in [1.165, 1.54) is 13.4 Å². The molecule has 0 radical (unpaired) electrons. The highest BCUT2D eigenvalue weighted by Crippen LogP contribution is 2.38. The van der Waals surface area contributed by atoms with E-state index in [1.54, 1.807) is 42.5 Å². The molecule has 0 aliphatic carbocycles. The number of methoxy groups -OCH3 is 1. The van der Waals surface area contributed by atoms with Gasteiger partial charge in [-0.1, -0.05) is 44.5 Å². The van der Waals surface area contributed by atoms with Crippen LogP contribution in [0.25, 0.3) is 0 Å². The molecule has 1 N–H and O–H groups in total. The molecule has 3 aromatic rings. The average molecular weight is 592 g/mol. The number of hydrogen-bond acceptors (Lipinski definition) is 9. The lowest BCUT2D eigenvalue weighted by Gasteiger charge is -2.20. The Labute approximate surface area is 240 Å². The van der Waals surface area contributed by atoms with Crippen molar-refractivity contribution in [1.29, 1.82) is 0 Å². The number of rotatable bonds is 10. The number of hydrogen-bond donors (Lipinski definition) is 1. The fourth-order valence-electron chi connectivity index (χ4n) is 3.94. The van der Waals surface area contributed by atoms with Crippen LogP contribution in [0, 0.1) is 0 Å². The highest BCUT2D eigenvalue weighted by atomic mass is 35.5. The molecule has 0 spiro atoms. The molecular formula is C28H34ClN3O7S. The largest absolute Gasteiger partial charge is 0.497 e. The van der Waals surface area contributed by atoms with Gasteiger partial charge in [-0.2, -0.15) is 0 Å². The summed E-state index contributed by atoms with van der Waals surface area (Å²) in [5.41, 5.74) is 1.18. The van der Waals surface area contributed by atoms with E-state index in [0.29, 0.717) is 18.1 Å². The van der Waals surface area contributed by atoms with Crippen LogP contribution in [0.3, 0.4) is 0 Å². The van der Waals surface area contributed by atoms with Gasteiger partial charge in [0, 0.05) is 6.07 Å². The maximum atomic E-state index is 13.4. The molecule has 0 saturated carbocycles. The third-order valence-corrected chi connectivity index (χ3v) is 7.77. The summed E-state index contributed by atoms with van der Waals surface area (Å²) in [5.74, 6) is -0.000462. The quantitative estimate of drug-likeness (QED) is 0.317. The fourth-order valence-corrected chi connectivity index (χ4v) is 5.11. The van der Waals surface area contributed by atoms with Crippen LogP contribution < -0.4 is 14.2 Å². The second kappa shape index (κ2) is 11.9. The molecule has 1 aromatic heterocycles. The van der Waals surface area contributed by atoms with Gasteiger partial charge in [-0.05, 0) is 49.1 Å². The number of sulfonamides is 1. The van der Waals surface area contributed by atoms with Crippen LogP contribution in [0.15, 0.2) is 53.7 Å². The van der Waals surface area contributed by atoms with Crippen molar-refractivity contribution in [2.24, 2.45) is 0 Å². The maximum absolute atomic E-state index is 13.4. The molecule has 4 rings (SSSR count). The summed E-state index contributed by atoms with van der Waals surface area (Å²) in [6, 6.07) is 11.5. The van der Waals surface area contributed by atoms with E-state index in [4.69, 9.17) is 35.3 Å². The second-order valence-electron chi connectivity index (χ2n) is 10.7. The Balaban J connectivity index is 1.63. The van der Waals surface area contributed by atoms with E-state index in [9.17, 15) is 8.42 Å². The topological polar surface area (TPSA) is 118 Å². The van der Waals surface area contributed by atoms with Gasteiger partial charge in [-0.15, -0.1) is 0 Å². The summed E-state index contributed by atoms with van der Waals surface area (Å²) in [4.78, 5) is 8.55. The summed E-state index contributed by atoms with van der Waals surface area (Å²) >= 11 is 6.38. The predicted octanol–water partition coefficient (Wildman–Crippen LogP) is 5.70. The minimum absolute atomic E-state index is 0.0191. The summed E-state index contributed by atoms with van der Waals surface area (Å²) in [5, 5.41) is 0.279. The Bertz CT molecular complexity index is 1440. The number of nitrogens with zero attached hydrogens (tertiary/aromatic N) is 2. The first-order valence-electron chi connectivity index (χ1n) is 12.7. The van der Waals surface area contributed by atoms with Crippen molar-refractivity contribution in [2.75, 3.05) is 25.0 Å². The summed E-state index contributed by atoms with van der Waals surface area (Å²) < 4.78 is 57.9. The molecule has 2 heterocycles. The third kappa shape index (κ3) is 7.41. The standard InChI is InChI=1S/C28H34ClN3O7S/c1-27(2,3)18-7-10-21(11-8-18)40(33,34)32-26-25(38-24-13-19(35-6)9-12-22(24)29)23(30-17-31-26)16-36-14-20-15-37-28(4,5)39-20/h7-13,17,20H,14-16H2,1-6H3,(H,30,31,32). The predicted molar refractivity (Wildman–Crippen MR) is 151 cm³/mol. The highest BCUT2D eigenvalue weighted by Gasteiger charge is 2.33. The Morgan fingerprint density at radius 1 is 1.12 bits per heavy atom. The van der Waals surface area contributed by atoms with E-state index in [-0.39, 0.29) is 52.0 Å². The molecule has 1 atom stereocenters. The highest BCUT2D eigenvalue weighted by molar-refractivity contribution is 7.92. The second-order valence-corrected chi connectivity index (χ2v) is 12.8. The van der Waals surface area contributed by atoms with E-state index in [0.717, 1.165) is 5.56 Å². The van der Waals surface area contributed by atoms with Crippen molar-refractivity contribution in [3.8, 4) is 17.2 Å². The first kappa shape index (κ1) is 30.0. The molecule has 1 saturated heterocycles. The molecule has 1 aliphatic rings. The Hall–Kier alpha value is -2.96. The van der Waals surface area contributed by atoms with Crippen molar-refractivity contribution >= 4 is 27.4 Å². The average Bonchev–Trinajstić information content (AvgIpc) is 3.24. The van der Waals surface area contributed by atoms with Crippen molar-refractivity contribution < 1.29 is 32.1 Å². The van der Waals surface area contributed by atoms with E-state index < -0.39 is 15.8 Å². The summed E-state index contributed by atoms with van der Waals surface area (Å²) in [6.07, 6.45) is 0.973. The minimum atomic E-state index is -4.03. The smallest absolute Gasteiger partial charge is 0.263 e. The third-order valence-electron chi connectivity index (χ3n) is 6.10. The van der Waals surface area contributed by atoms with Crippen LogP contribution in [-0.2, 0) is 36.3 Å². The monoisotopic (exact) mass is 591 g/mol. The molecule has 2 aromatic carbocycles. The van der Waals surface area contributed by atoms with Gasteiger partial charge in [0.05, 0.1) is 36.8 Å². The minimum Gasteiger partial charge on any atom is -0.497 e. The van der Waals surface area contributed by atoms with Gasteiger partial charge in [-0.3, -0.25) is 4.72 Å². The molecule has 1 unspecified atom stereocenters. The molecular weight excluding hydrogens is 558 g/mol. The molecule has 216 valence electrons. The van der Waals surface area contributed by atoms with Crippen LogP contribution in [0.4, 0.5) is 5.82 Å². The van der Waals surface area contributed by atoms with Crippen LogP contribution in [0.2, 0.25) is 5.02 Å². The van der Waals surface area contributed by atoms with Crippen LogP contribution in [0.5, 0.6) is 17.2 Å². The lowest BCUT2D eigenvalue weighted by atomic mass is 9.87. The number of benzene rings is 2. The van der Waals surface area contributed by atoms with E-state index in [1.807, 2.05) is 13.8 Å². The number of halogens is 1. The normalized spacial score (nSPS) is 17.0. The first-order chi connectivity index (χ1) is 18.8. The number of anilines is 1. The molecule has 0 amide bonds. The van der Waals surface area contributed by atoms with Gasteiger partial charge in [-0.25, -0.2) is 18.4 Å². The SMILES string of the molecule is COc1ccc(Cl)c(Oc2c(COCC3COC(C)(C)O3)ncnc2NS(=O)(=O)c2ccc(C(C)(C)C)cc2)c1. The van der Waals surface area contributed by atoms with Crippen molar-refractivity contribution in [2.45, 2.75) is 63.4 Å². The fraction of sp³-hybridized carbons (Fsp3) is 0.429. The van der Waals surface area contributed by atoms with Crippen molar-refractivity contribution in [3.05, 3.63) is 65.1 Å². The van der Waals surface area contributed by atoms with Crippen LogP contribution >= 0.6 is 11.6 Å². The lowest BCUT2D eigenvalue weighted by molar-refractivity contribution is -0.145. The molecule has 10 nitrogen and oxygen atoms in total. The molecule has 12 heteroatoms. The van der Waals surface area contributed by atoms with Gasteiger partial charge >= 0.3 is 0 Å². The van der Waals surface area contributed by atoms with Gasteiger partial charge in [0.15, 0.2) is 17.4 Å². The van der Waals surface area contributed by atoms with Crippen molar-refractivity contribution in [3.63, 3.8) is 0 Å². The molecule has 1 aliphatic heterocycles. The van der Waals surface area contributed by atoms with Crippen LogP contribution in [0.1, 0.15) is 45.9 Å². The van der Waals surface area contributed by atoms with Crippen LogP contribution in [-0.4, -0.2) is 50.6 Å². The Morgan fingerprint density at radius 2 is 1.85 bits per heavy atom. The molecule has 40 heavy (non-hydrogen) atoms. The zero-order valence-corrected chi connectivity index (χ0v) is 24.9. The Morgan fingerprint density at radius 3 is 2.48 bits per heavy atom. The summed E-state index contributed by atoms with van der Waals surface area (Å²) in [7, 11) is -2.52. The van der Waals surface area contributed by atoms with E-state index in [2.05, 4.69) is 35.5 Å². The van der Waals surface area contributed by atoms with E-state index >= 15 is 0 Å². The van der Waals surface area contributed by atoms with Gasteiger partial charge < -0.3 is 23.7 Å². The number of nitrogens with one attached hydrogen (secondary N) is 1. The Kier molecular flexibility index (Phi) is 8.91. The lowest BCUT2D eigenvalue weighted by Crippen LogP contribution is -2.24. The zero-order valence-electron chi connectivity index (χ0n) is 23.4. The number of aromatic nitrogens is 2. The molecule has 1 fully saturated rings. The van der Waals surface area contributed by atoms with Crippen molar-refractivity contribution in [1.82, 2.24) is 9.97 Å². The maximum Gasteiger partial charge on any atom is 0.263 e. The number of ether oxygens (including phenoxy) is 5. The molecule has 0 bridgehead atoms. The van der Waals surface area contributed by atoms with Gasteiger partial charge in [0.1, 0.15) is 29.6 Å². The van der Waals surface area contributed by atoms with Gasteiger partial charge in [0.2, 0.25) is 0 Å². The summed E-state index contributed by atoms with van der Waals surface area (Å²) in [6.45, 7) is 10.4.